The van der Waals surface area contributed by atoms with Gasteiger partial charge < -0.3 is 4.74 Å². The van der Waals surface area contributed by atoms with Gasteiger partial charge in [0.15, 0.2) is 0 Å². The van der Waals surface area contributed by atoms with Crippen LogP contribution in [-0.2, 0) is 0 Å². The number of benzene rings is 1. The molecule has 0 bridgehead atoms. The molecule has 0 amide bonds. The molecule has 20 heavy (non-hydrogen) atoms. The van der Waals surface area contributed by atoms with Gasteiger partial charge in [-0.25, -0.2) is 0 Å². The second-order valence-electron chi connectivity index (χ2n) is 5.45. The molecule has 0 radical (unpaired) electrons. The van der Waals surface area contributed by atoms with Crippen LogP contribution >= 0.6 is 23.1 Å². The number of fused-ring (bicyclic) bond motifs is 2. The summed E-state index contributed by atoms with van der Waals surface area (Å²) >= 11 is 3.88. The average molecular weight is 303 g/mol. The summed E-state index contributed by atoms with van der Waals surface area (Å²) in [6, 6.07) is 11.4. The topological polar surface area (TPSA) is 21.3 Å². The van der Waals surface area contributed by atoms with Crippen LogP contribution in [0, 0.1) is 0 Å². The molecule has 2 aliphatic heterocycles. The van der Waals surface area contributed by atoms with Gasteiger partial charge in [0, 0.05) is 16.9 Å². The van der Waals surface area contributed by atoms with Gasteiger partial charge in [0.1, 0.15) is 12.4 Å². The lowest BCUT2D eigenvalue weighted by Gasteiger charge is -2.29. The van der Waals surface area contributed by atoms with Crippen molar-refractivity contribution in [3.8, 4) is 5.75 Å². The summed E-state index contributed by atoms with van der Waals surface area (Å²) in [5.74, 6) is 1.04. The molecule has 1 aromatic carbocycles. The number of ether oxygens (including phenoxy) is 1. The second-order valence-corrected chi connectivity index (χ2v) is 8.07. The largest absolute Gasteiger partial charge is 0.491 e. The number of hydrogen-bond donors (Lipinski definition) is 1. The molecule has 0 saturated heterocycles. The molecule has 1 aromatic heterocycles. The van der Waals surface area contributed by atoms with E-state index in [1.54, 1.807) is 0 Å². The first kappa shape index (κ1) is 12.7. The number of para-hydroxylation sites is 1. The summed E-state index contributed by atoms with van der Waals surface area (Å²) in [6.07, 6.45) is 1.19. The number of rotatable bonds is 2. The fourth-order valence-electron chi connectivity index (χ4n) is 3.05. The Kier molecular flexibility index (Phi) is 3.25. The van der Waals surface area contributed by atoms with Crippen LogP contribution in [0.5, 0.6) is 5.75 Å². The maximum atomic E-state index is 5.78. The maximum Gasteiger partial charge on any atom is 0.124 e. The smallest absolute Gasteiger partial charge is 0.124 e. The maximum absolute atomic E-state index is 5.78. The van der Waals surface area contributed by atoms with Crippen molar-refractivity contribution in [1.29, 1.82) is 0 Å². The highest BCUT2D eigenvalue weighted by Crippen LogP contribution is 2.45. The highest BCUT2D eigenvalue weighted by molar-refractivity contribution is 8.01. The van der Waals surface area contributed by atoms with Crippen molar-refractivity contribution in [2.24, 2.45) is 0 Å². The molecular weight excluding hydrogens is 286 g/mol. The van der Waals surface area contributed by atoms with Gasteiger partial charge >= 0.3 is 0 Å². The lowest BCUT2D eigenvalue weighted by molar-refractivity contribution is 0.293. The zero-order chi connectivity index (χ0) is 13.5. The van der Waals surface area contributed by atoms with Gasteiger partial charge in [-0.15, -0.1) is 23.1 Å². The molecule has 2 aromatic rings. The minimum atomic E-state index is 0.319. The summed E-state index contributed by atoms with van der Waals surface area (Å²) in [6.45, 7) is 3.07. The van der Waals surface area contributed by atoms with E-state index in [0.29, 0.717) is 17.3 Å². The van der Waals surface area contributed by atoms with E-state index in [2.05, 4.69) is 41.9 Å². The van der Waals surface area contributed by atoms with Crippen molar-refractivity contribution in [2.45, 2.75) is 34.9 Å². The molecule has 0 saturated carbocycles. The Morgan fingerprint density at radius 1 is 1.15 bits per heavy atom. The minimum Gasteiger partial charge on any atom is -0.491 e. The highest BCUT2D eigenvalue weighted by Gasteiger charge is 2.31. The quantitative estimate of drug-likeness (QED) is 0.888. The molecule has 0 fully saturated rings. The predicted molar refractivity (Wildman–Crippen MR) is 84.8 cm³/mol. The van der Waals surface area contributed by atoms with Crippen LogP contribution in [0.3, 0.4) is 0 Å². The van der Waals surface area contributed by atoms with E-state index in [1.807, 2.05) is 29.2 Å². The first-order chi connectivity index (χ1) is 9.81. The Morgan fingerprint density at radius 2 is 2.05 bits per heavy atom. The molecular formula is C16H17NOS2. The van der Waals surface area contributed by atoms with Crippen molar-refractivity contribution >= 4 is 23.1 Å². The van der Waals surface area contributed by atoms with E-state index in [0.717, 1.165) is 12.4 Å². The van der Waals surface area contributed by atoms with Crippen LogP contribution in [0.2, 0.25) is 0 Å². The van der Waals surface area contributed by atoms with Crippen LogP contribution in [0.25, 0.3) is 0 Å². The molecule has 2 nitrogen and oxygen atoms in total. The predicted octanol–water partition coefficient (Wildman–Crippen LogP) is 4.40. The Morgan fingerprint density at radius 3 is 3.00 bits per heavy atom. The molecule has 1 N–H and O–H groups in total. The molecule has 4 rings (SSSR count). The molecule has 0 spiro atoms. The molecule has 104 valence electrons. The van der Waals surface area contributed by atoms with E-state index in [4.69, 9.17) is 4.74 Å². The first-order valence-corrected chi connectivity index (χ1v) is 8.79. The fraction of sp³-hybridized carbons (Fsp3) is 0.375. The highest BCUT2D eigenvalue weighted by atomic mass is 32.2. The van der Waals surface area contributed by atoms with Gasteiger partial charge in [0.25, 0.3) is 0 Å². The Labute approximate surface area is 127 Å². The molecule has 3 heterocycles. The lowest BCUT2D eigenvalue weighted by Crippen LogP contribution is -2.30. The fourth-order valence-corrected chi connectivity index (χ4v) is 5.62. The Balaban J connectivity index is 1.59. The van der Waals surface area contributed by atoms with Crippen LogP contribution in [0.15, 0.2) is 39.9 Å². The Hall–Kier alpha value is -0.970. The standard InChI is InChI=1S/C16H17NOS2/c1-10-8-13(12-6-7-19-16(12)20-10)17-14-9-18-15-5-3-2-4-11(14)15/h2-7,10,13-14,17H,8-9H2,1H3/t10-,13?,14?/m0/s1. The normalized spacial score (nSPS) is 27.8. The van der Waals surface area contributed by atoms with Gasteiger partial charge in [0.2, 0.25) is 0 Å². The number of thioether (sulfide) groups is 1. The van der Waals surface area contributed by atoms with Crippen LogP contribution in [-0.4, -0.2) is 11.9 Å². The summed E-state index contributed by atoms with van der Waals surface area (Å²) in [5.41, 5.74) is 2.78. The molecule has 4 heteroatoms. The number of hydrogen-bond acceptors (Lipinski definition) is 4. The van der Waals surface area contributed by atoms with Crippen molar-refractivity contribution in [3.05, 3.63) is 46.8 Å². The van der Waals surface area contributed by atoms with Crippen molar-refractivity contribution < 1.29 is 4.74 Å². The Bertz CT molecular complexity index is 624. The molecule has 2 aliphatic rings. The van der Waals surface area contributed by atoms with Crippen molar-refractivity contribution in [3.63, 3.8) is 0 Å². The van der Waals surface area contributed by atoms with Gasteiger partial charge in [-0.05, 0) is 29.5 Å². The van der Waals surface area contributed by atoms with Gasteiger partial charge in [0.05, 0.1) is 10.3 Å². The van der Waals surface area contributed by atoms with Crippen LogP contribution < -0.4 is 10.1 Å². The second kappa shape index (κ2) is 5.10. The lowest BCUT2D eigenvalue weighted by atomic mass is 10.0. The van der Waals surface area contributed by atoms with E-state index >= 15 is 0 Å². The minimum absolute atomic E-state index is 0.319. The van der Waals surface area contributed by atoms with Crippen LogP contribution in [0.4, 0.5) is 0 Å². The first-order valence-electron chi connectivity index (χ1n) is 7.03. The third-order valence-corrected chi connectivity index (χ3v) is 6.36. The number of nitrogens with one attached hydrogen (secondary N) is 1. The zero-order valence-corrected chi connectivity index (χ0v) is 13.0. The molecule has 0 aliphatic carbocycles. The van der Waals surface area contributed by atoms with E-state index in [9.17, 15) is 0 Å². The van der Waals surface area contributed by atoms with Crippen LogP contribution in [0.1, 0.15) is 36.6 Å². The average Bonchev–Trinajstić information content (AvgIpc) is 3.06. The zero-order valence-electron chi connectivity index (χ0n) is 11.3. The summed E-state index contributed by atoms with van der Waals surface area (Å²) in [4.78, 5) is 0. The monoisotopic (exact) mass is 303 g/mol. The van der Waals surface area contributed by atoms with Crippen molar-refractivity contribution in [2.75, 3.05) is 6.61 Å². The van der Waals surface area contributed by atoms with E-state index in [-0.39, 0.29) is 0 Å². The third-order valence-electron chi connectivity index (χ3n) is 4.01. The van der Waals surface area contributed by atoms with E-state index < -0.39 is 0 Å². The SMILES string of the molecule is C[C@H]1CC(NC2COc3ccccc32)c2ccsc2S1. The molecule has 3 atom stereocenters. The van der Waals surface area contributed by atoms with Gasteiger partial charge in [-0.2, -0.15) is 0 Å². The summed E-state index contributed by atoms with van der Waals surface area (Å²) < 4.78 is 7.26. The van der Waals surface area contributed by atoms with Crippen molar-refractivity contribution in [1.82, 2.24) is 5.32 Å². The van der Waals surface area contributed by atoms with E-state index in [1.165, 1.54) is 21.8 Å². The summed E-state index contributed by atoms with van der Waals surface area (Å²) in [7, 11) is 0. The summed E-state index contributed by atoms with van der Waals surface area (Å²) in [5, 5.41) is 6.70. The van der Waals surface area contributed by atoms with Gasteiger partial charge in [-0.1, -0.05) is 25.1 Å². The number of thiophene rings is 1. The van der Waals surface area contributed by atoms with Gasteiger partial charge in [-0.3, -0.25) is 5.32 Å². The molecule has 2 unspecified atom stereocenters. The third kappa shape index (κ3) is 2.16.